The van der Waals surface area contributed by atoms with E-state index in [4.69, 9.17) is 4.42 Å². The third-order valence-electron chi connectivity index (χ3n) is 4.70. The second kappa shape index (κ2) is 5.61. The van der Waals surface area contributed by atoms with E-state index >= 15 is 0 Å². The van der Waals surface area contributed by atoms with E-state index in [1.165, 1.54) is 30.3 Å². The summed E-state index contributed by atoms with van der Waals surface area (Å²) >= 11 is 0. The molecule has 6 heteroatoms. The molecule has 2 heterocycles. The highest BCUT2D eigenvalue weighted by molar-refractivity contribution is 5.86. The molecule has 1 saturated carbocycles. The molecule has 0 amide bonds. The fourth-order valence-electron chi connectivity index (χ4n) is 3.43. The van der Waals surface area contributed by atoms with Gasteiger partial charge in [-0.05, 0) is 31.0 Å². The zero-order valence-electron chi connectivity index (χ0n) is 13.2. The molecule has 2 aromatic heterocycles. The first-order valence-electron chi connectivity index (χ1n) is 8.09. The summed E-state index contributed by atoms with van der Waals surface area (Å²) in [5.74, 6) is -0.342. The van der Waals surface area contributed by atoms with Gasteiger partial charge in [0, 0.05) is 13.2 Å². The SMILES string of the molecule is Cn1c(=O)oc2c(NCc3ccnn3C3CCCC3)cccc21. The zero-order chi connectivity index (χ0) is 15.8. The van der Waals surface area contributed by atoms with E-state index in [-0.39, 0.29) is 5.76 Å². The highest BCUT2D eigenvalue weighted by atomic mass is 16.4. The number of aryl methyl sites for hydroxylation is 1. The van der Waals surface area contributed by atoms with Crippen LogP contribution in [0.1, 0.15) is 37.4 Å². The predicted octanol–water partition coefficient (Wildman–Crippen LogP) is 3.06. The number of hydrogen-bond acceptors (Lipinski definition) is 4. The third kappa shape index (κ3) is 2.44. The summed E-state index contributed by atoms with van der Waals surface area (Å²) in [6, 6.07) is 8.31. The number of nitrogens with zero attached hydrogens (tertiary/aromatic N) is 3. The number of fused-ring (bicyclic) bond motifs is 1. The molecule has 0 bridgehead atoms. The smallest absolute Gasteiger partial charge is 0.405 e. The number of anilines is 1. The third-order valence-corrected chi connectivity index (χ3v) is 4.70. The van der Waals surface area contributed by atoms with Crippen molar-refractivity contribution in [3.05, 3.63) is 46.7 Å². The van der Waals surface area contributed by atoms with Gasteiger partial charge in [-0.1, -0.05) is 18.9 Å². The average Bonchev–Trinajstić information content (AvgIpc) is 3.27. The Kier molecular flexibility index (Phi) is 3.44. The van der Waals surface area contributed by atoms with E-state index in [0.717, 1.165) is 16.9 Å². The van der Waals surface area contributed by atoms with Crippen molar-refractivity contribution >= 4 is 16.8 Å². The van der Waals surface area contributed by atoms with Gasteiger partial charge >= 0.3 is 5.76 Å². The van der Waals surface area contributed by atoms with Gasteiger partial charge < -0.3 is 9.73 Å². The van der Waals surface area contributed by atoms with Gasteiger partial charge in [0.1, 0.15) is 0 Å². The van der Waals surface area contributed by atoms with E-state index in [1.54, 1.807) is 7.05 Å². The van der Waals surface area contributed by atoms with Gasteiger partial charge in [0.15, 0.2) is 5.58 Å². The Balaban J connectivity index is 1.59. The fraction of sp³-hybridized carbons (Fsp3) is 0.412. The number of rotatable bonds is 4. The van der Waals surface area contributed by atoms with E-state index in [0.29, 0.717) is 18.2 Å². The van der Waals surface area contributed by atoms with Crippen LogP contribution < -0.4 is 11.1 Å². The Morgan fingerprint density at radius 1 is 1.30 bits per heavy atom. The molecular formula is C17H20N4O2. The van der Waals surface area contributed by atoms with Gasteiger partial charge in [-0.25, -0.2) is 4.79 Å². The first-order valence-corrected chi connectivity index (χ1v) is 8.09. The number of benzene rings is 1. The van der Waals surface area contributed by atoms with Crippen molar-refractivity contribution < 1.29 is 4.42 Å². The first-order chi connectivity index (χ1) is 11.2. The molecular weight excluding hydrogens is 292 g/mol. The lowest BCUT2D eigenvalue weighted by atomic mass is 10.2. The summed E-state index contributed by atoms with van der Waals surface area (Å²) in [4.78, 5) is 11.7. The minimum Gasteiger partial charge on any atom is -0.405 e. The van der Waals surface area contributed by atoms with Crippen LogP contribution in [-0.4, -0.2) is 14.3 Å². The van der Waals surface area contributed by atoms with Crippen molar-refractivity contribution in [3.8, 4) is 0 Å². The number of oxazole rings is 1. The van der Waals surface area contributed by atoms with Crippen LogP contribution in [0.5, 0.6) is 0 Å². The summed E-state index contributed by atoms with van der Waals surface area (Å²) in [6.45, 7) is 0.661. The average molecular weight is 312 g/mol. The molecule has 0 radical (unpaired) electrons. The molecule has 1 aromatic carbocycles. The summed E-state index contributed by atoms with van der Waals surface area (Å²) in [7, 11) is 1.72. The van der Waals surface area contributed by atoms with Crippen molar-refractivity contribution in [3.63, 3.8) is 0 Å². The van der Waals surface area contributed by atoms with Crippen LogP contribution in [0, 0.1) is 0 Å². The Labute approximate surface area is 133 Å². The van der Waals surface area contributed by atoms with Crippen LogP contribution in [0.15, 0.2) is 39.7 Å². The minimum absolute atomic E-state index is 0.342. The maximum Gasteiger partial charge on any atom is 0.419 e. The Bertz CT molecular complexity index is 884. The lowest BCUT2D eigenvalue weighted by molar-refractivity contribution is 0.452. The maximum atomic E-state index is 11.7. The van der Waals surface area contributed by atoms with Gasteiger partial charge in [-0.3, -0.25) is 9.25 Å². The van der Waals surface area contributed by atoms with Crippen molar-refractivity contribution in [1.29, 1.82) is 0 Å². The molecule has 0 spiro atoms. The standard InChI is InChI=1S/C17H20N4O2/c1-20-15-8-4-7-14(16(15)23-17(20)22)18-11-13-9-10-19-21(13)12-5-2-3-6-12/h4,7-10,12,18H,2-3,5-6,11H2,1H3. The van der Waals surface area contributed by atoms with Crippen molar-refractivity contribution in [1.82, 2.24) is 14.3 Å². The quantitative estimate of drug-likeness (QED) is 0.804. The second-order valence-electron chi connectivity index (χ2n) is 6.14. The van der Waals surface area contributed by atoms with Crippen LogP contribution in [0.2, 0.25) is 0 Å². The molecule has 1 aliphatic rings. The van der Waals surface area contributed by atoms with Crippen LogP contribution in [0.3, 0.4) is 0 Å². The van der Waals surface area contributed by atoms with Gasteiger partial charge in [0.25, 0.3) is 0 Å². The summed E-state index contributed by atoms with van der Waals surface area (Å²) < 4.78 is 9.01. The Morgan fingerprint density at radius 3 is 2.96 bits per heavy atom. The molecule has 0 atom stereocenters. The topological polar surface area (TPSA) is 65.0 Å². The monoisotopic (exact) mass is 312 g/mol. The van der Waals surface area contributed by atoms with Crippen molar-refractivity contribution in [2.75, 3.05) is 5.32 Å². The molecule has 3 aromatic rings. The lowest BCUT2D eigenvalue weighted by Crippen LogP contribution is -2.13. The Morgan fingerprint density at radius 2 is 2.13 bits per heavy atom. The van der Waals surface area contributed by atoms with Gasteiger partial charge in [-0.15, -0.1) is 0 Å². The second-order valence-corrected chi connectivity index (χ2v) is 6.14. The maximum absolute atomic E-state index is 11.7. The predicted molar refractivity (Wildman–Crippen MR) is 88.5 cm³/mol. The van der Waals surface area contributed by atoms with Crippen molar-refractivity contribution in [2.24, 2.45) is 7.05 Å². The normalized spacial score (nSPS) is 15.5. The van der Waals surface area contributed by atoms with E-state index in [9.17, 15) is 4.79 Å². The molecule has 1 aliphatic carbocycles. The minimum atomic E-state index is -0.342. The molecule has 0 unspecified atom stereocenters. The summed E-state index contributed by atoms with van der Waals surface area (Å²) in [5.41, 5.74) is 3.39. The number of nitrogens with one attached hydrogen (secondary N) is 1. The van der Waals surface area contributed by atoms with Crippen LogP contribution in [-0.2, 0) is 13.6 Å². The molecule has 6 nitrogen and oxygen atoms in total. The molecule has 120 valence electrons. The molecule has 23 heavy (non-hydrogen) atoms. The first kappa shape index (κ1) is 14.1. The number of hydrogen-bond donors (Lipinski definition) is 1. The van der Waals surface area contributed by atoms with Crippen LogP contribution >= 0.6 is 0 Å². The van der Waals surface area contributed by atoms with Gasteiger partial charge in [-0.2, -0.15) is 5.10 Å². The molecule has 1 N–H and O–H groups in total. The highest BCUT2D eigenvalue weighted by Crippen LogP contribution is 2.30. The number of para-hydroxylation sites is 1. The van der Waals surface area contributed by atoms with Crippen LogP contribution in [0.25, 0.3) is 11.1 Å². The van der Waals surface area contributed by atoms with Crippen LogP contribution in [0.4, 0.5) is 5.69 Å². The van der Waals surface area contributed by atoms with Gasteiger partial charge in [0.05, 0.1) is 29.5 Å². The molecule has 1 fully saturated rings. The molecule has 0 saturated heterocycles. The zero-order valence-corrected chi connectivity index (χ0v) is 13.2. The molecule has 4 rings (SSSR count). The molecule has 0 aliphatic heterocycles. The fourth-order valence-corrected chi connectivity index (χ4v) is 3.43. The van der Waals surface area contributed by atoms with Crippen molar-refractivity contribution in [2.45, 2.75) is 38.3 Å². The summed E-state index contributed by atoms with van der Waals surface area (Å²) in [6.07, 6.45) is 6.84. The van der Waals surface area contributed by atoms with E-state index in [2.05, 4.69) is 15.1 Å². The summed E-state index contributed by atoms with van der Waals surface area (Å²) in [5, 5.41) is 7.88. The Hall–Kier alpha value is -2.50. The van der Waals surface area contributed by atoms with Gasteiger partial charge in [0.2, 0.25) is 0 Å². The lowest BCUT2D eigenvalue weighted by Gasteiger charge is -2.15. The van der Waals surface area contributed by atoms with E-state index in [1.807, 2.05) is 30.5 Å². The number of aromatic nitrogens is 3. The highest BCUT2D eigenvalue weighted by Gasteiger charge is 2.19. The van der Waals surface area contributed by atoms with E-state index < -0.39 is 0 Å². The largest absolute Gasteiger partial charge is 0.419 e.